The largest absolute Gasteiger partial charge is 0.369 e. The Labute approximate surface area is 191 Å². The van der Waals surface area contributed by atoms with Crippen LogP contribution >= 0.6 is 11.6 Å². The van der Waals surface area contributed by atoms with Crippen molar-refractivity contribution in [1.29, 1.82) is 0 Å². The first-order valence-corrected chi connectivity index (χ1v) is 11.5. The number of rotatable bonds is 6. The molecule has 0 atom stereocenters. The van der Waals surface area contributed by atoms with Crippen LogP contribution < -0.4 is 21.3 Å². The highest BCUT2D eigenvalue weighted by molar-refractivity contribution is 6.31. The molecule has 1 aliphatic heterocycles. The number of nitrogens with one attached hydrogen (secondary N) is 2. The van der Waals surface area contributed by atoms with Gasteiger partial charge < -0.3 is 21.3 Å². The standard InChI is InChI=1S/C25H35ClN4O/c1-6-30(21-9-7-20(27)8-10-21)24-13-19(26)12-22(17(24)4)25(31)28-14-23-15(2)11-16(3)29-18(23)5/h11-13,20-21,29H,5-10,14,27H2,1-4H3,(H,28,31). The second-order valence-electron chi connectivity index (χ2n) is 8.73. The molecule has 0 saturated heterocycles. The predicted molar refractivity (Wildman–Crippen MR) is 131 cm³/mol. The fourth-order valence-corrected chi connectivity index (χ4v) is 4.96. The van der Waals surface area contributed by atoms with Crippen molar-refractivity contribution in [2.24, 2.45) is 5.73 Å². The van der Waals surface area contributed by atoms with Gasteiger partial charge in [-0.2, -0.15) is 0 Å². The number of carbonyl (C=O) groups is 1. The van der Waals surface area contributed by atoms with Crippen molar-refractivity contribution in [3.63, 3.8) is 0 Å². The van der Waals surface area contributed by atoms with Crippen LogP contribution in [0, 0.1) is 6.92 Å². The first-order chi connectivity index (χ1) is 14.7. The SMILES string of the molecule is C=C1NC(C)=CC(C)=C1CNC(=O)c1cc(Cl)cc(N(CC)C2CCC(N)CC2)c1C. The van der Waals surface area contributed by atoms with Crippen LogP contribution in [0.15, 0.2) is 47.3 Å². The summed E-state index contributed by atoms with van der Waals surface area (Å²) in [5.41, 5.74) is 12.7. The summed E-state index contributed by atoms with van der Waals surface area (Å²) < 4.78 is 0. The van der Waals surface area contributed by atoms with Gasteiger partial charge in [0, 0.05) is 52.8 Å². The molecule has 1 heterocycles. The van der Waals surface area contributed by atoms with Crippen LogP contribution in [0.2, 0.25) is 5.02 Å². The maximum Gasteiger partial charge on any atom is 0.251 e. The normalized spacial score (nSPS) is 21.5. The third kappa shape index (κ3) is 5.34. The van der Waals surface area contributed by atoms with Crippen LogP contribution in [0.5, 0.6) is 0 Å². The second-order valence-corrected chi connectivity index (χ2v) is 9.16. The van der Waals surface area contributed by atoms with E-state index in [2.05, 4.69) is 35.1 Å². The van der Waals surface area contributed by atoms with Gasteiger partial charge >= 0.3 is 0 Å². The van der Waals surface area contributed by atoms with E-state index in [0.29, 0.717) is 29.2 Å². The Morgan fingerprint density at radius 2 is 1.94 bits per heavy atom. The third-order valence-electron chi connectivity index (χ3n) is 6.47. The van der Waals surface area contributed by atoms with Gasteiger partial charge in [0.05, 0.1) is 0 Å². The first-order valence-electron chi connectivity index (χ1n) is 11.2. The smallest absolute Gasteiger partial charge is 0.251 e. The van der Waals surface area contributed by atoms with Gasteiger partial charge in [0.1, 0.15) is 0 Å². The van der Waals surface area contributed by atoms with Gasteiger partial charge in [-0.3, -0.25) is 4.79 Å². The molecule has 0 radical (unpaired) electrons. The minimum absolute atomic E-state index is 0.123. The van der Waals surface area contributed by atoms with Crippen molar-refractivity contribution in [3.05, 3.63) is 63.5 Å². The summed E-state index contributed by atoms with van der Waals surface area (Å²) in [5.74, 6) is -0.123. The molecule has 0 bridgehead atoms. The topological polar surface area (TPSA) is 70.4 Å². The lowest BCUT2D eigenvalue weighted by Gasteiger charge is -2.38. The van der Waals surface area contributed by atoms with Crippen LogP contribution in [0.1, 0.15) is 62.4 Å². The molecular weight excluding hydrogens is 408 g/mol. The molecule has 1 fully saturated rings. The van der Waals surface area contributed by atoms with Gasteiger partial charge in [-0.1, -0.05) is 18.2 Å². The highest BCUT2D eigenvalue weighted by Crippen LogP contribution is 2.33. The molecule has 6 heteroatoms. The molecule has 0 aromatic heterocycles. The van der Waals surface area contributed by atoms with E-state index in [-0.39, 0.29) is 5.91 Å². The van der Waals surface area contributed by atoms with Crippen molar-refractivity contribution in [1.82, 2.24) is 10.6 Å². The van der Waals surface area contributed by atoms with Gasteiger partial charge in [-0.05, 0) is 88.3 Å². The zero-order valence-electron chi connectivity index (χ0n) is 19.1. The molecular formula is C25H35ClN4O. The summed E-state index contributed by atoms with van der Waals surface area (Å²) in [6.45, 7) is 13.6. The molecule has 168 valence electrons. The van der Waals surface area contributed by atoms with Crippen LogP contribution in [0.3, 0.4) is 0 Å². The quantitative estimate of drug-likeness (QED) is 0.591. The van der Waals surface area contributed by atoms with Gasteiger partial charge in [0.15, 0.2) is 0 Å². The highest BCUT2D eigenvalue weighted by Gasteiger charge is 2.26. The molecule has 1 amide bonds. The number of nitrogens with zero attached hydrogens (tertiary/aromatic N) is 1. The average molecular weight is 443 g/mol. The second kappa shape index (κ2) is 9.92. The number of hydrogen-bond acceptors (Lipinski definition) is 4. The summed E-state index contributed by atoms with van der Waals surface area (Å²) in [7, 11) is 0. The molecule has 1 aromatic rings. The van der Waals surface area contributed by atoms with Crippen molar-refractivity contribution in [2.75, 3.05) is 18.0 Å². The van der Waals surface area contributed by atoms with Crippen LogP contribution in [0.4, 0.5) is 5.69 Å². The van der Waals surface area contributed by atoms with Crippen LogP contribution in [-0.4, -0.2) is 31.1 Å². The summed E-state index contributed by atoms with van der Waals surface area (Å²) >= 11 is 6.47. The molecule has 5 nitrogen and oxygen atoms in total. The third-order valence-corrected chi connectivity index (χ3v) is 6.69. The fourth-order valence-electron chi connectivity index (χ4n) is 4.75. The summed E-state index contributed by atoms with van der Waals surface area (Å²) in [6, 6.07) is 4.48. The lowest BCUT2D eigenvalue weighted by Crippen LogP contribution is -2.41. The zero-order chi connectivity index (χ0) is 22.7. The van der Waals surface area contributed by atoms with Crippen molar-refractivity contribution < 1.29 is 4.79 Å². The summed E-state index contributed by atoms with van der Waals surface area (Å²) in [6.07, 6.45) is 6.27. The van der Waals surface area contributed by atoms with E-state index in [0.717, 1.165) is 66.0 Å². The maximum absolute atomic E-state index is 13.1. The molecule has 0 unspecified atom stereocenters. The van der Waals surface area contributed by atoms with Crippen LogP contribution in [0.25, 0.3) is 0 Å². The fraction of sp³-hybridized carbons (Fsp3) is 0.480. The van der Waals surface area contributed by atoms with Gasteiger partial charge in [0.2, 0.25) is 0 Å². The number of nitrogens with two attached hydrogens (primary N) is 1. The lowest BCUT2D eigenvalue weighted by molar-refractivity contribution is 0.0956. The Morgan fingerprint density at radius 3 is 2.55 bits per heavy atom. The number of halogens is 1. The van der Waals surface area contributed by atoms with Gasteiger partial charge in [-0.25, -0.2) is 0 Å². The van der Waals surface area contributed by atoms with Crippen molar-refractivity contribution >= 4 is 23.2 Å². The van der Waals surface area contributed by atoms with Crippen molar-refractivity contribution in [3.8, 4) is 0 Å². The van der Waals surface area contributed by atoms with E-state index < -0.39 is 0 Å². The molecule has 1 aromatic carbocycles. The van der Waals surface area contributed by atoms with E-state index in [4.69, 9.17) is 17.3 Å². The first kappa shape index (κ1) is 23.4. The molecule has 2 aliphatic rings. The molecule has 3 rings (SSSR count). The number of dihydropyridines is 1. The van der Waals surface area contributed by atoms with Gasteiger partial charge in [-0.15, -0.1) is 0 Å². The monoisotopic (exact) mass is 442 g/mol. The number of anilines is 1. The summed E-state index contributed by atoms with van der Waals surface area (Å²) in [5, 5.41) is 6.88. The van der Waals surface area contributed by atoms with Gasteiger partial charge in [0.25, 0.3) is 5.91 Å². The Bertz CT molecular complexity index is 926. The number of amides is 1. The minimum atomic E-state index is -0.123. The molecule has 4 N–H and O–H groups in total. The molecule has 0 spiro atoms. The zero-order valence-corrected chi connectivity index (χ0v) is 19.9. The van der Waals surface area contributed by atoms with Crippen molar-refractivity contribution in [2.45, 2.75) is 65.5 Å². The molecule has 1 aliphatic carbocycles. The van der Waals surface area contributed by atoms with E-state index in [1.165, 1.54) is 0 Å². The number of benzene rings is 1. The van der Waals surface area contributed by atoms with E-state index in [9.17, 15) is 4.79 Å². The van der Waals surface area contributed by atoms with E-state index >= 15 is 0 Å². The number of hydrogen-bond donors (Lipinski definition) is 3. The highest BCUT2D eigenvalue weighted by atomic mass is 35.5. The lowest BCUT2D eigenvalue weighted by atomic mass is 9.90. The van der Waals surface area contributed by atoms with E-state index in [1.54, 1.807) is 6.07 Å². The minimum Gasteiger partial charge on any atom is -0.369 e. The predicted octanol–water partition coefficient (Wildman–Crippen LogP) is 4.81. The Hall–Kier alpha value is -2.24. The Kier molecular flexibility index (Phi) is 7.50. The Balaban J connectivity index is 1.82. The number of allylic oxidation sites excluding steroid dienone is 3. The molecule has 1 saturated carbocycles. The number of carbonyl (C=O) groups excluding carboxylic acids is 1. The van der Waals surface area contributed by atoms with Crippen LogP contribution in [-0.2, 0) is 0 Å². The Morgan fingerprint density at radius 1 is 1.26 bits per heavy atom. The van der Waals surface area contributed by atoms with E-state index in [1.807, 2.05) is 26.8 Å². The average Bonchev–Trinajstić information content (AvgIpc) is 2.71. The summed E-state index contributed by atoms with van der Waals surface area (Å²) in [4.78, 5) is 15.5. The maximum atomic E-state index is 13.1. The molecule has 31 heavy (non-hydrogen) atoms.